The predicted molar refractivity (Wildman–Crippen MR) is 132 cm³/mol. The highest BCUT2D eigenvalue weighted by Gasteiger charge is 2.42. The molecule has 1 saturated heterocycles. The van der Waals surface area contributed by atoms with Crippen LogP contribution in [0.25, 0.3) is 10.6 Å². The molecule has 1 amide bonds. The lowest BCUT2D eigenvalue weighted by Gasteiger charge is -2.44. The number of benzene rings is 1. The summed E-state index contributed by atoms with van der Waals surface area (Å²) >= 11 is 1.03. The van der Waals surface area contributed by atoms with Crippen LogP contribution in [0.3, 0.4) is 0 Å². The van der Waals surface area contributed by atoms with Crippen LogP contribution in [0.2, 0.25) is 0 Å². The maximum absolute atomic E-state index is 14.1. The number of fused-ring (bicyclic) bond motifs is 2. The number of hydrogen-bond donors (Lipinski definition) is 0. The van der Waals surface area contributed by atoms with Gasteiger partial charge in [-0.25, -0.2) is 13.6 Å². The third kappa shape index (κ3) is 5.12. The van der Waals surface area contributed by atoms with Gasteiger partial charge < -0.3 is 28.4 Å². The molecule has 0 saturated carbocycles. The molecule has 39 heavy (non-hydrogen) atoms. The first kappa shape index (κ1) is 26.4. The standard InChI is InChI=1S/C25H22F2N4O7S/c1-3-15-6-7-36-19-11-30-10-16(23-29-28-18(39-23)8-13-4-5-14(26)9-17(13)27)21(32)22(20(30)24(33)31(15)19)37-12-38-25(34)35-2/h3-5,9-10,15,19H,1,6-8,11-12H2,2H3/t15-,19?/m1/s1. The summed E-state index contributed by atoms with van der Waals surface area (Å²) in [5, 5.41) is 8.71. The van der Waals surface area contributed by atoms with Crippen LogP contribution in [0.5, 0.6) is 5.75 Å². The normalized spacial score (nSPS) is 18.2. The zero-order valence-electron chi connectivity index (χ0n) is 20.6. The van der Waals surface area contributed by atoms with E-state index in [1.807, 2.05) is 0 Å². The topological polar surface area (TPSA) is 122 Å². The molecule has 14 heteroatoms. The van der Waals surface area contributed by atoms with Gasteiger partial charge in [0.05, 0.1) is 31.9 Å². The number of amides is 1. The summed E-state index contributed by atoms with van der Waals surface area (Å²) in [5.74, 6) is -2.29. The Labute approximate surface area is 224 Å². The molecule has 1 unspecified atom stereocenters. The molecule has 2 aliphatic rings. The minimum absolute atomic E-state index is 0.0265. The molecule has 204 valence electrons. The summed E-state index contributed by atoms with van der Waals surface area (Å²) < 4.78 is 49.5. The zero-order chi connectivity index (χ0) is 27.7. The van der Waals surface area contributed by atoms with Gasteiger partial charge in [0.2, 0.25) is 18.0 Å². The number of hydrogen-bond acceptors (Lipinski definition) is 10. The summed E-state index contributed by atoms with van der Waals surface area (Å²) in [6.07, 6.45) is 2.02. The van der Waals surface area contributed by atoms with Crippen LogP contribution in [0.15, 0.2) is 41.8 Å². The number of carbonyl (C=O) groups excluding carboxylic acids is 2. The third-order valence-electron chi connectivity index (χ3n) is 6.29. The summed E-state index contributed by atoms with van der Waals surface area (Å²) in [4.78, 5) is 40.1. The molecule has 2 aliphatic heterocycles. The van der Waals surface area contributed by atoms with Gasteiger partial charge in [-0.3, -0.25) is 9.59 Å². The van der Waals surface area contributed by atoms with Gasteiger partial charge in [0.15, 0.2) is 16.9 Å². The second-order valence-electron chi connectivity index (χ2n) is 8.61. The van der Waals surface area contributed by atoms with Crippen LogP contribution >= 0.6 is 11.3 Å². The van der Waals surface area contributed by atoms with Crippen LogP contribution in [0.4, 0.5) is 13.6 Å². The number of nitrogens with zero attached hydrogens (tertiary/aromatic N) is 4. The fraction of sp³-hybridized carbons (Fsp3) is 0.320. The van der Waals surface area contributed by atoms with E-state index in [0.29, 0.717) is 18.0 Å². The molecule has 1 aromatic carbocycles. The van der Waals surface area contributed by atoms with Gasteiger partial charge in [-0.1, -0.05) is 23.5 Å². The second kappa shape index (κ2) is 10.9. The van der Waals surface area contributed by atoms with E-state index in [4.69, 9.17) is 14.2 Å². The zero-order valence-corrected chi connectivity index (χ0v) is 21.4. The Kier molecular flexibility index (Phi) is 7.39. The molecule has 5 rings (SSSR count). The lowest BCUT2D eigenvalue weighted by atomic mass is 10.1. The number of pyridine rings is 1. The van der Waals surface area contributed by atoms with Crippen LogP contribution in [-0.2, 0) is 27.2 Å². The van der Waals surface area contributed by atoms with Crippen molar-refractivity contribution in [2.24, 2.45) is 0 Å². The monoisotopic (exact) mass is 560 g/mol. The smallest absolute Gasteiger partial charge is 0.451 e. The summed E-state index contributed by atoms with van der Waals surface area (Å²) in [6.45, 7) is 3.71. The van der Waals surface area contributed by atoms with Crippen LogP contribution in [0.1, 0.15) is 27.5 Å². The van der Waals surface area contributed by atoms with Crippen molar-refractivity contribution in [2.45, 2.75) is 31.7 Å². The Morgan fingerprint density at radius 2 is 2.13 bits per heavy atom. The van der Waals surface area contributed by atoms with Gasteiger partial charge in [-0.05, 0) is 18.1 Å². The fourth-order valence-electron chi connectivity index (χ4n) is 4.45. The number of halogens is 2. The lowest BCUT2D eigenvalue weighted by molar-refractivity contribution is -0.107. The van der Waals surface area contributed by atoms with Crippen LogP contribution in [-0.4, -0.2) is 64.5 Å². The van der Waals surface area contributed by atoms with E-state index in [1.165, 1.54) is 21.7 Å². The fourth-order valence-corrected chi connectivity index (χ4v) is 5.32. The molecule has 2 atom stereocenters. The number of rotatable bonds is 7. The minimum atomic E-state index is -1.04. The Bertz CT molecular complexity index is 1510. The van der Waals surface area contributed by atoms with E-state index in [-0.39, 0.29) is 46.6 Å². The van der Waals surface area contributed by atoms with Crippen molar-refractivity contribution in [2.75, 3.05) is 20.5 Å². The van der Waals surface area contributed by atoms with E-state index in [0.717, 1.165) is 30.6 Å². The SMILES string of the molecule is C=C[C@@H]1CCOC2Cn3cc(-c4nnc(Cc5ccc(F)cc5F)s4)c(=O)c(OCOC(=O)OC)c3C(=O)N21. The Morgan fingerprint density at radius 3 is 2.87 bits per heavy atom. The minimum Gasteiger partial charge on any atom is -0.451 e. The lowest BCUT2D eigenvalue weighted by Crippen LogP contribution is -2.57. The van der Waals surface area contributed by atoms with E-state index < -0.39 is 42.1 Å². The van der Waals surface area contributed by atoms with E-state index in [1.54, 1.807) is 6.08 Å². The number of ether oxygens (including phenoxy) is 4. The van der Waals surface area contributed by atoms with Gasteiger partial charge in [0.1, 0.15) is 16.6 Å². The summed E-state index contributed by atoms with van der Waals surface area (Å²) in [5.41, 5.74) is -0.469. The summed E-state index contributed by atoms with van der Waals surface area (Å²) in [6, 6.07) is 2.92. The summed E-state index contributed by atoms with van der Waals surface area (Å²) in [7, 11) is 1.11. The van der Waals surface area contributed by atoms with Crippen molar-refractivity contribution in [3.8, 4) is 16.3 Å². The molecular formula is C25H22F2N4O7S. The first-order valence-electron chi connectivity index (χ1n) is 11.7. The number of aromatic nitrogens is 3. The van der Waals surface area contributed by atoms with Crippen molar-refractivity contribution < 1.29 is 37.3 Å². The molecule has 0 radical (unpaired) electrons. The molecule has 4 heterocycles. The second-order valence-corrected chi connectivity index (χ2v) is 9.67. The van der Waals surface area contributed by atoms with Gasteiger partial charge in [-0.2, -0.15) is 0 Å². The maximum atomic E-state index is 14.1. The van der Waals surface area contributed by atoms with Gasteiger partial charge in [0.25, 0.3) is 5.91 Å². The molecule has 11 nitrogen and oxygen atoms in total. The molecule has 0 spiro atoms. The Morgan fingerprint density at radius 1 is 1.31 bits per heavy atom. The first-order valence-corrected chi connectivity index (χ1v) is 12.6. The number of methoxy groups -OCH3 is 1. The van der Waals surface area contributed by atoms with E-state index in [2.05, 4.69) is 21.5 Å². The molecule has 0 N–H and O–H groups in total. The maximum Gasteiger partial charge on any atom is 0.510 e. The van der Waals surface area contributed by atoms with Crippen LogP contribution in [0, 0.1) is 11.6 Å². The molecule has 0 aliphatic carbocycles. The molecule has 1 fully saturated rings. The number of carbonyl (C=O) groups is 2. The quantitative estimate of drug-likeness (QED) is 0.244. The molecular weight excluding hydrogens is 538 g/mol. The molecule has 0 bridgehead atoms. The third-order valence-corrected chi connectivity index (χ3v) is 7.25. The highest BCUT2D eigenvalue weighted by atomic mass is 32.1. The van der Waals surface area contributed by atoms with E-state index >= 15 is 0 Å². The van der Waals surface area contributed by atoms with Gasteiger partial charge in [0, 0.05) is 18.7 Å². The average Bonchev–Trinajstić information content (AvgIpc) is 3.39. The van der Waals surface area contributed by atoms with Crippen molar-refractivity contribution in [1.29, 1.82) is 0 Å². The van der Waals surface area contributed by atoms with Crippen molar-refractivity contribution in [3.05, 3.63) is 75.2 Å². The molecule has 3 aromatic rings. The van der Waals surface area contributed by atoms with Crippen molar-refractivity contribution in [1.82, 2.24) is 19.7 Å². The van der Waals surface area contributed by atoms with Gasteiger partial charge >= 0.3 is 6.16 Å². The van der Waals surface area contributed by atoms with Crippen molar-refractivity contribution in [3.63, 3.8) is 0 Å². The largest absolute Gasteiger partial charge is 0.510 e. The van der Waals surface area contributed by atoms with E-state index in [9.17, 15) is 23.2 Å². The highest BCUT2D eigenvalue weighted by Crippen LogP contribution is 2.33. The molecule has 2 aromatic heterocycles. The highest BCUT2D eigenvalue weighted by molar-refractivity contribution is 7.14. The average molecular weight is 561 g/mol. The van der Waals surface area contributed by atoms with Gasteiger partial charge in [-0.15, -0.1) is 16.8 Å². The first-order chi connectivity index (χ1) is 18.8. The van der Waals surface area contributed by atoms with Crippen LogP contribution < -0.4 is 10.2 Å². The predicted octanol–water partition coefficient (Wildman–Crippen LogP) is 3.11. The Balaban J connectivity index is 1.54. The Hall–Kier alpha value is -4.17. The van der Waals surface area contributed by atoms with Crippen molar-refractivity contribution >= 4 is 23.4 Å².